The van der Waals surface area contributed by atoms with Gasteiger partial charge in [0.1, 0.15) is 6.04 Å². The van der Waals surface area contributed by atoms with Gasteiger partial charge in [-0.1, -0.05) is 64.2 Å². The highest BCUT2D eigenvalue weighted by Gasteiger charge is 2.28. The third-order valence-corrected chi connectivity index (χ3v) is 4.78. The highest BCUT2D eigenvalue weighted by molar-refractivity contribution is 6.36. The summed E-state index contributed by atoms with van der Waals surface area (Å²) in [5, 5.41) is 16.7. The first-order valence-corrected chi connectivity index (χ1v) is 8.24. The van der Waals surface area contributed by atoms with Crippen molar-refractivity contribution in [3.63, 3.8) is 0 Å². The molecule has 0 saturated carbocycles. The van der Waals surface area contributed by atoms with E-state index in [1.807, 2.05) is 30.3 Å². The van der Waals surface area contributed by atoms with Gasteiger partial charge in [-0.25, -0.2) is 0 Å². The zero-order valence-corrected chi connectivity index (χ0v) is 14.4. The van der Waals surface area contributed by atoms with Crippen molar-refractivity contribution in [1.82, 2.24) is 20.2 Å². The fraction of sp³-hybridized carbons (Fsp3) is 0.0625. The summed E-state index contributed by atoms with van der Waals surface area (Å²) in [6.45, 7) is 0. The lowest BCUT2D eigenvalue weighted by Gasteiger charge is -2.25. The maximum Gasteiger partial charge on any atom is 0.248 e. The average Bonchev–Trinajstić information content (AvgIpc) is 3.03. The predicted octanol–water partition coefficient (Wildman–Crippen LogP) is 4.69. The number of halogens is 3. The van der Waals surface area contributed by atoms with E-state index in [1.54, 1.807) is 22.9 Å². The topological polar surface area (TPSA) is 55.6 Å². The van der Waals surface area contributed by atoms with Gasteiger partial charge >= 0.3 is 0 Å². The van der Waals surface area contributed by atoms with E-state index in [1.165, 1.54) is 0 Å². The molecule has 24 heavy (non-hydrogen) atoms. The number of benzene rings is 2. The summed E-state index contributed by atoms with van der Waals surface area (Å²) >= 11 is 19.1. The van der Waals surface area contributed by atoms with Crippen molar-refractivity contribution < 1.29 is 0 Å². The summed E-state index contributed by atoms with van der Waals surface area (Å²) < 4.78 is 1.63. The molecule has 0 aliphatic carbocycles. The maximum atomic E-state index is 6.38. The number of nitrogens with one attached hydrogen (secondary N) is 1. The van der Waals surface area contributed by atoms with Crippen LogP contribution in [0.1, 0.15) is 17.2 Å². The number of rotatable bonds is 2. The molecule has 2 heterocycles. The van der Waals surface area contributed by atoms with Crippen molar-refractivity contribution in [2.24, 2.45) is 0 Å². The molecule has 0 bridgehead atoms. The normalized spacial score (nSPS) is 16.3. The molecule has 0 amide bonds. The molecule has 1 aliphatic rings. The Balaban J connectivity index is 1.91. The van der Waals surface area contributed by atoms with Crippen molar-refractivity contribution in [1.29, 1.82) is 0 Å². The van der Waals surface area contributed by atoms with E-state index in [2.05, 4.69) is 20.8 Å². The number of aromatic nitrogens is 4. The van der Waals surface area contributed by atoms with Gasteiger partial charge in [0.2, 0.25) is 5.95 Å². The van der Waals surface area contributed by atoms with Crippen molar-refractivity contribution in [3.05, 3.63) is 74.7 Å². The van der Waals surface area contributed by atoms with Crippen LogP contribution in [-0.2, 0) is 0 Å². The Bertz CT molecular complexity index is 930. The molecule has 1 aliphatic heterocycles. The molecule has 0 radical (unpaired) electrons. The summed E-state index contributed by atoms with van der Waals surface area (Å²) in [7, 11) is 0. The molecule has 0 unspecified atom stereocenters. The second kappa shape index (κ2) is 6.09. The minimum atomic E-state index is -0.344. The minimum Gasteiger partial charge on any atom is -0.323 e. The highest BCUT2D eigenvalue weighted by atomic mass is 35.5. The average molecular weight is 379 g/mol. The standard InChI is InChI=1S/C16H10Cl3N5/c17-10-5-2-1-4-9(10)13-8-14(24-16(20-13)21-22-23-24)15-11(18)6-3-7-12(15)19/h1-8,14H,(H,20,21,23)/t14-/m0/s1. The van der Waals surface area contributed by atoms with Crippen LogP contribution in [0.3, 0.4) is 0 Å². The van der Waals surface area contributed by atoms with Crippen LogP contribution in [0, 0.1) is 0 Å². The zero-order valence-electron chi connectivity index (χ0n) is 12.1. The molecule has 0 fully saturated rings. The van der Waals surface area contributed by atoms with Gasteiger partial charge in [0.05, 0.1) is 0 Å². The van der Waals surface area contributed by atoms with E-state index >= 15 is 0 Å². The Kier molecular flexibility index (Phi) is 3.92. The summed E-state index contributed by atoms with van der Waals surface area (Å²) in [5.41, 5.74) is 2.38. The third-order valence-electron chi connectivity index (χ3n) is 3.79. The molecule has 8 heteroatoms. The minimum absolute atomic E-state index is 0.344. The Labute approximate surface area is 152 Å². The van der Waals surface area contributed by atoms with Crippen LogP contribution in [0.25, 0.3) is 5.70 Å². The predicted molar refractivity (Wildman–Crippen MR) is 95.5 cm³/mol. The number of hydrogen-bond donors (Lipinski definition) is 1. The van der Waals surface area contributed by atoms with Gasteiger partial charge in [-0.3, -0.25) is 0 Å². The molecule has 1 atom stereocenters. The Morgan fingerprint density at radius 3 is 2.38 bits per heavy atom. The van der Waals surface area contributed by atoms with Gasteiger partial charge in [-0.15, -0.1) is 0 Å². The largest absolute Gasteiger partial charge is 0.323 e. The molecular weight excluding hydrogens is 369 g/mol. The zero-order chi connectivity index (χ0) is 16.7. The molecule has 0 saturated heterocycles. The van der Waals surface area contributed by atoms with Crippen LogP contribution < -0.4 is 5.32 Å². The number of nitrogens with zero attached hydrogens (tertiary/aromatic N) is 4. The number of tetrazole rings is 1. The number of fused-ring (bicyclic) bond motifs is 1. The van der Waals surface area contributed by atoms with E-state index in [0.29, 0.717) is 21.0 Å². The van der Waals surface area contributed by atoms with E-state index in [9.17, 15) is 0 Å². The first kappa shape index (κ1) is 15.4. The van der Waals surface area contributed by atoms with Crippen LogP contribution in [0.15, 0.2) is 48.5 Å². The lowest BCUT2D eigenvalue weighted by molar-refractivity contribution is 0.586. The van der Waals surface area contributed by atoms with Crippen LogP contribution in [0.2, 0.25) is 15.1 Å². The molecule has 3 aromatic rings. The molecule has 4 rings (SSSR count). The van der Waals surface area contributed by atoms with Crippen molar-refractivity contribution in [2.75, 3.05) is 5.32 Å². The smallest absolute Gasteiger partial charge is 0.248 e. The molecular formula is C16H10Cl3N5. The number of hydrogen-bond acceptors (Lipinski definition) is 4. The molecule has 1 N–H and O–H groups in total. The van der Waals surface area contributed by atoms with Crippen molar-refractivity contribution in [2.45, 2.75) is 6.04 Å². The summed E-state index contributed by atoms with van der Waals surface area (Å²) in [5.74, 6) is 0.494. The molecule has 120 valence electrons. The van der Waals surface area contributed by atoms with Crippen LogP contribution in [0.5, 0.6) is 0 Å². The lowest BCUT2D eigenvalue weighted by Crippen LogP contribution is -2.21. The Morgan fingerprint density at radius 2 is 1.62 bits per heavy atom. The van der Waals surface area contributed by atoms with Crippen LogP contribution in [0.4, 0.5) is 5.95 Å². The van der Waals surface area contributed by atoms with Crippen molar-refractivity contribution >= 4 is 46.4 Å². The quantitative estimate of drug-likeness (QED) is 0.703. The highest BCUT2D eigenvalue weighted by Crippen LogP contribution is 2.39. The first-order chi connectivity index (χ1) is 11.6. The van der Waals surface area contributed by atoms with Crippen LogP contribution in [-0.4, -0.2) is 20.2 Å². The van der Waals surface area contributed by atoms with E-state index in [0.717, 1.165) is 16.8 Å². The second-order valence-corrected chi connectivity index (χ2v) is 6.43. The maximum absolute atomic E-state index is 6.38. The Morgan fingerprint density at radius 1 is 0.917 bits per heavy atom. The molecule has 0 spiro atoms. The number of allylic oxidation sites excluding steroid dienone is 1. The second-order valence-electron chi connectivity index (χ2n) is 5.21. The van der Waals surface area contributed by atoms with E-state index in [-0.39, 0.29) is 6.04 Å². The van der Waals surface area contributed by atoms with Crippen molar-refractivity contribution in [3.8, 4) is 0 Å². The van der Waals surface area contributed by atoms with Gasteiger partial charge in [0.15, 0.2) is 0 Å². The fourth-order valence-electron chi connectivity index (χ4n) is 2.69. The summed E-state index contributed by atoms with van der Waals surface area (Å²) in [6.07, 6.45) is 1.96. The number of anilines is 1. The lowest BCUT2D eigenvalue weighted by atomic mass is 10.0. The van der Waals surface area contributed by atoms with Gasteiger partial charge < -0.3 is 5.32 Å². The van der Waals surface area contributed by atoms with Gasteiger partial charge in [-0.2, -0.15) is 4.68 Å². The summed E-state index contributed by atoms with van der Waals surface area (Å²) in [6, 6.07) is 12.6. The van der Waals surface area contributed by atoms with Crippen LogP contribution >= 0.6 is 34.8 Å². The SMILES string of the molecule is Clc1ccccc1C1=C[C@@H](c2c(Cl)cccc2Cl)n2nnnc2N1. The molecule has 5 nitrogen and oxygen atoms in total. The summed E-state index contributed by atoms with van der Waals surface area (Å²) in [4.78, 5) is 0. The van der Waals surface area contributed by atoms with Gasteiger partial charge in [-0.05, 0) is 34.7 Å². The first-order valence-electron chi connectivity index (χ1n) is 7.10. The fourth-order valence-corrected chi connectivity index (χ4v) is 3.55. The van der Waals surface area contributed by atoms with Gasteiger partial charge in [0.25, 0.3) is 0 Å². The molecule has 2 aromatic carbocycles. The van der Waals surface area contributed by atoms with E-state index in [4.69, 9.17) is 34.8 Å². The third kappa shape index (κ3) is 2.55. The van der Waals surface area contributed by atoms with Gasteiger partial charge in [0, 0.05) is 31.9 Å². The Hall–Kier alpha value is -2.08. The monoisotopic (exact) mass is 377 g/mol. The molecule has 1 aromatic heterocycles. The van der Waals surface area contributed by atoms with E-state index < -0.39 is 0 Å².